The standard InChI is InChI=1S/C24H27N3O3/c1-29-22-14-18(15-23(30-2)24(22)28)16-25-27-12-10-26(11-13-27)17-20-8-5-7-19-6-3-4-9-21(19)20/h3-9,14-16,28H,10-13,17H2,1-2H3/p+1. The van der Waals surface area contributed by atoms with Crippen molar-refractivity contribution in [2.75, 3.05) is 40.4 Å². The molecule has 1 saturated heterocycles. The third kappa shape index (κ3) is 4.33. The summed E-state index contributed by atoms with van der Waals surface area (Å²) in [6, 6.07) is 18.7. The second-order valence-electron chi connectivity index (χ2n) is 7.54. The first-order chi connectivity index (χ1) is 14.7. The number of ether oxygens (including phenoxy) is 2. The summed E-state index contributed by atoms with van der Waals surface area (Å²) in [5.41, 5.74) is 2.23. The van der Waals surface area contributed by atoms with E-state index >= 15 is 0 Å². The molecule has 3 aromatic carbocycles. The molecule has 6 heteroatoms. The van der Waals surface area contributed by atoms with Gasteiger partial charge in [-0.2, -0.15) is 5.10 Å². The summed E-state index contributed by atoms with van der Waals surface area (Å²) < 4.78 is 10.4. The monoisotopic (exact) mass is 406 g/mol. The minimum absolute atomic E-state index is 0.00259. The van der Waals surface area contributed by atoms with Crippen molar-refractivity contribution in [3.63, 3.8) is 0 Å². The lowest BCUT2D eigenvalue weighted by molar-refractivity contribution is -0.918. The summed E-state index contributed by atoms with van der Waals surface area (Å²) >= 11 is 0. The van der Waals surface area contributed by atoms with E-state index in [4.69, 9.17) is 9.47 Å². The number of rotatable bonds is 6. The highest BCUT2D eigenvalue weighted by Crippen LogP contribution is 2.36. The van der Waals surface area contributed by atoms with Gasteiger partial charge in [-0.05, 0) is 22.9 Å². The molecule has 1 fully saturated rings. The molecule has 0 atom stereocenters. The van der Waals surface area contributed by atoms with Crippen LogP contribution in [0.2, 0.25) is 0 Å². The van der Waals surface area contributed by atoms with Crippen LogP contribution in [-0.2, 0) is 6.54 Å². The van der Waals surface area contributed by atoms with Gasteiger partial charge in [0.15, 0.2) is 11.5 Å². The SMILES string of the molecule is COc1cc(C=NN2CC[NH+](Cc3cccc4ccccc34)CC2)cc(OC)c1O. The number of methoxy groups -OCH3 is 2. The number of nitrogens with one attached hydrogen (secondary N) is 1. The van der Waals surface area contributed by atoms with Crippen LogP contribution in [0.4, 0.5) is 0 Å². The number of phenolic OH excluding ortho intramolecular Hbond substituents is 1. The Labute approximate surface area is 176 Å². The van der Waals surface area contributed by atoms with Gasteiger partial charge in [0.05, 0.1) is 46.6 Å². The van der Waals surface area contributed by atoms with E-state index < -0.39 is 0 Å². The van der Waals surface area contributed by atoms with E-state index in [0.29, 0.717) is 11.5 Å². The van der Waals surface area contributed by atoms with Crippen LogP contribution in [0.3, 0.4) is 0 Å². The molecule has 1 aliphatic heterocycles. The van der Waals surface area contributed by atoms with Gasteiger partial charge in [-0.25, -0.2) is 0 Å². The van der Waals surface area contributed by atoms with Crippen LogP contribution in [-0.4, -0.2) is 56.7 Å². The number of hydrogen-bond donors (Lipinski definition) is 2. The zero-order chi connectivity index (χ0) is 20.9. The van der Waals surface area contributed by atoms with Crippen LogP contribution >= 0.6 is 0 Å². The molecule has 156 valence electrons. The number of piperazine rings is 1. The summed E-state index contributed by atoms with van der Waals surface area (Å²) in [7, 11) is 3.04. The Hall–Kier alpha value is -3.25. The number of fused-ring (bicyclic) bond motifs is 1. The highest BCUT2D eigenvalue weighted by atomic mass is 16.5. The molecular weight excluding hydrogens is 378 g/mol. The van der Waals surface area contributed by atoms with Crippen LogP contribution in [0.5, 0.6) is 17.2 Å². The number of nitrogens with zero attached hydrogens (tertiary/aromatic N) is 2. The Balaban J connectivity index is 1.38. The number of hydrazone groups is 1. The van der Waals surface area contributed by atoms with E-state index in [-0.39, 0.29) is 5.75 Å². The van der Waals surface area contributed by atoms with Crippen molar-refractivity contribution in [2.24, 2.45) is 5.10 Å². The molecule has 2 N–H and O–H groups in total. The molecule has 0 spiro atoms. The molecule has 30 heavy (non-hydrogen) atoms. The molecule has 1 heterocycles. The Kier molecular flexibility index (Phi) is 6.05. The first kappa shape index (κ1) is 20.0. The van der Waals surface area contributed by atoms with Crippen molar-refractivity contribution in [3.8, 4) is 17.2 Å². The molecule has 4 rings (SSSR count). The molecule has 0 aliphatic carbocycles. The molecule has 0 saturated carbocycles. The van der Waals surface area contributed by atoms with Gasteiger partial charge in [-0.1, -0.05) is 42.5 Å². The van der Waals surface area contributed by atoms with E-state index in [1.165, 1.54) is 30.6 Å². The van der Waals surface area contributed by atoms with E-state index in [1.54, 1.807) is 23.2 Å². The number of quaternary nitrogens is 1. The third-order valence-electron chi connectivity index (χ3n) is 5.64. The largest absolute Gasteiger partial charge is 0.502 e. The van der Waals surface area contributed by atoms with E-state index in [0.717, 1.165) is 38.3 Å². The summed E-state index contributed by atoms with van der Waals surface area (Å²) in [5, 5.41) is 19.4. The first-order valence-corrected chi connectivity index (χ1v) is 10.2. The highest BCUT2D eigenvalue weighted by Gasteiger charge is 2.19. The number of benzene rings is 3. The number of phenols is 1. The predicted molar refractivity (Wildman–Crippen MR) is 119 cm³/mol. The Morgan fingerprint density at radius 2 is 1.67 bits per heavy atom. The maximum absolute atomic E-state index is 10.0. The summed E-state index contributed by atoms with van der Waals surface area (Å²) in [4.78, 5) is 1.57. The van der Waals surface area contributed by atoms with Gasteiger partial charge in [-0.3, -0.25) is 5.01 Å². The van der Waals surface area contributed by atoms with Gasteiger partial charge in [0.2, 0.25) is 5.75 Å². The van der Waals surface area contributed by atoms with Crippen LogP contribution in [0.1, 0.15) is 11.1 Å². The second-order valence-corrected chi connectivity index (χ2v) is 7.54. The van der Waals surface area contributed by atoms with Gasteiger partial charge < -0.3 is 19.5 Å². The smallest absolute Gasteiger partial charge is 0.200 e. The topological polar surface area (TPSA) is 58.7 Å². The van der Waals surface area contributed by atoms with E-state index in [1.807, 2.05) is 0 Å². The lowest BCUT2D eigenvalue weighted by Gasteiger charge is -2.30. The zero-order valence-corrected chi connectivity index (χ0v) is 17.5. The normalized spacial score (nSPS) is 15.1. The van der Waals surface area contributed by atoms with Crippen LogP contribution < -0.4 is 14.4 Å². The molecule has 0 unspecified atom stereocenters. The molecule has 0 bridgehead atoms. The fraction of sp³-hybridized carbons (Fsp3) is 0.292. The van der Waals surface area contributed by atoms with Crippen molar-refractivity contribution in [3.05, 3.63) is 65.7 Å². The van der Waals surface area contributed by atoms with Crippen LogP contribution in [0.15, 0.2) is 59.7 Å². The molecule has 0 amide bonds. The summed E-state index contributed by atoms with van der Waals surface area (Å²) in [6.45, 7) is 4.93. The average Bonchev–Trinajstić information content (AvgIpc) is 2.79. The van der Waals surface area contributed by atoms with Crippen LogP contribution in [0, 0.1) is 0 Å². The van der Waals surface area contributed by atoms with Crippen molar-refractivity contribution in [2.45, 2.75) is 6.54 Å². The van der Waals surface area contributed by atoms with E-state index in [2.05, 4.69) is 52.6 Å². The predicted octanol–water partition coefficient (Wildman–Crippen LogP) is 2.30. The minimum atomic E-state index is 0.00259. The summed E-state index contributed by atoms with van der Waals surface area (Å²) in [6.07, 6.45) is 1.79. The van der Waals surface area contributed by atoms with Crippen molar-refractivity contribution >= 4 is 17.0 Å². The molecular formula is C24H28N3O3+. The molecule has 0 radical (unpaired) electrons. The average molecular weight is 407 g/mol. The summed E-state index contributed by atoms with van der Waals surface area (Å²) in [5.74, 6) is 0.753. The fourth-order valence-electron chi connectivity index (χ4n) is 3.96. The fourth-order valence-corrected chi connectivity index (χ4v) is 3.96. The maximum atomic E-state index is 10.0. The maximum Gasteiger partial charge on any atom is 0.200 e. The van der Waals surface area contributed by atoms with Crippen molar-refractivity contribution in [1.82, 2.24) is 5.01 Å². The van der Waals surface area contributed by atoms with Gasteiger partial charge >= 0.3 is 0 Å². The van der Waals surface area contributed by atoms with Crippen molar-refractivity contribution in [1.29, 1.82) is 0 Å². The quantitative estimate of drug-likeness (QED) is 0.617. The van der Waals surface area contributed by atoms with Gasteiger partial charge in [-0.15, -0.1) is 0 Å². The molecule has 1 aliphatic rings. The molecule has 6 nitrogen and oxygen atoms in total. The molecule has 3 aromatic rings. The zero-order valence-electron chi connectivity index (χ0n) is 17.5. The highest BCUT2D eigenvalue weighted by molar-refractivity contribution is 5.85. The van der Waals surface area contributed by atoms with Crippen LogP contribution in [0.25, 0.3) is 10.8 Å². The number of hydrogen-bond acceptors (Lipinski definition) is 5. The first-order valence-electron chi connectivity index (χ1n) is 10.2. The van der Waals surface area contributed by atoms with E-state index in [9.17, 15) is 5.11 Å². The second kappa shape index (κ2) is 9.05. The Bertz CT molecular complexity index is 1010. The minimum Gasteiger partial charge on any atom is -0.502 e. The Morgan fingerprint density at radius 1 is 1.00 bits per heavy atom. The third-order valence-corrected chi connectivity index (χ3v) is 5.64. The van der Waals surface area contributed by atoms with Gasteiger partial charge in [0.25, 0.3) is 0 Å². The van der Waals surface area contributed by atoms with Crippen molar-refractivity contribution < 1.29 is 19.5 Å². The lowest BCUT2D eigenvalue weighted by Crippen LogP contribution is -3.13. The Morgan fingerprint density at radius 3 is 2.37 bits per heavy atom. The number of aromatic hydroxyl groups is 1. The van der Waals surface area contributed by atoms with Gasteiger partial charge in [0.1, 0.15) is 6.54 Å². The molecule has 0 aromatic heterocycles. The lowest BCUT2D eigenvalue weighted by atomic mass is 10.0. The van der Waals surface area contributed by atoms with Gasteiger partial charge in [0, 0.05) is 11.1 Å².